The van der Waals surface area contributed by atoms with Crippen molar-refractivity contribution in [2.75, 3.05) is 12.0 Å². The zero-order chi connectivity index (χ0) is 21.9. The largest absolute Gasteiger partial charge is 0.497 e. The molecular formula is C27H21N3O2. The van der Waals surface area contributed by atoms with Crippen molar-refractivity contribution in [3.8, 4) is 11.4 Å². The molecule has 4 aromatic carbocycles. The molecule has 1 heterocycles. The van der Waals surface area contributed by atoms with E-state index in [1.807, 2.05) is 109 Å². The molecule has 5 heteroatoms. The second kappa shape index (κ2) is 8.40. The molecule has 5 aromatic rings. The maximum atomic E-state index is 14.0. The van der Waals surface area contributed by atoms with Crippen LogP contribution in [0.4, 0.5) is 11.4 Å². The summed E-state index contributed by atoms with van der Waals surface area (Å²) in [5.74, 6) is 0.504. The highest BCUT2D eigenvalue weighted by atomic mass is 16.5. The first kappa shape index (κ1) is 19.6. The highest BCUT2D eigenvalue weighted by molar-refractivity contribution is 6.16. The Morgan fingerprint density at radius 3 is 1.91 bits per heavy atom. The molecule has 5 rings (SSSR count). The highest BCUT2D eigenvalue weighted by Gasteiger charge is 2.26. The number of nitrogens with zero attached hydrogens (tertiary/aromatic N) is 3. The van der Waals surface area contributed by atoms with Crippen LogP contribution in [0.25, 0.3) is 16.6 Å². The fourth-order valence-electron chi connectivity index (χ4n) is 3.79. The summed E-state index contributed by atoms with van der Waals surface area (Å²) in [6.07, 6.45) is 0. The minimum atomic E-state index is -0.202. The van der Waals surface area contributed by atoms with Gasteiger partial charge in [-0.25, -0.2) is 4.68 Å². The molecule has 32 heavy (non-hydrogen) atoms. The van der Waals surface area contributed by atoms with Crippen LogP contribution in [0, 0.1) is 0 Å². The van der Waals surface area contributed by atoms with Crippen molar-refractivity contribution in [2.24, 2.45) is 0 Å². The van der Waals surface area contributed by atoms with Crippen molar-refractivity contribution in [3.63, 3.8) is 0 Å². The minimum absolute atomic E-state index is 0.202. The van der Waals surface area contributed by atoms with Gasteiger partial charge in [0.1, 0.15) is 5.75 Å². The van der Waals surface area contributed by atoms with Gasteiger partial charge in [0.2, 0.25) is 0 Å². The van der Waals surface area contributed by atoms with Crippen molar-refractivity contribution >= 4 is 28.2 Å². The molecule has 0 unspecified atom stereocenters. The van der Waals surface area contributed by atoms with E-state index in [-0.39, 0.29) is 5.91 Å². The van der Waals surface area contributed by atoms with E-state index in [1.54, 1.807) is 16.7 Å². The van der Waals surface area contributed by atoms with Crippen LogP contribution < -0.4 is 9.64 Å². The number of methoxy groups -OCH3 is 1. The Hall–Kier alpha value is -4.38. The lowest BCUT2D eigenvalue weighted by Crippen LogP contribution is -2.26. The number of fused-ring (bicyclic) bond motifs is 1. The van der Waals surface area contributed by atoms with Gasteiger partial charge in [-0.3, -0.25) is 9.69 Å². The van der Waals surface area contributed by atoms with Crippen LogP contribution in [-0.4, -0.2) is 22.8 Å². The van der Waals surface area contributed by atoms with Crippen LogP contribution in [0.1, 0.15) is 10.5 Å². The van der Waals surface area contributed by atoms with Gasteiger partial charge in [0.05, 0.1) is 18.3 Å². The number of anilines is 2. The molecule has 0 radical (unpaired) electrons. The van der Waals surface area contributed by atoms with E-state index in [4.69, 9.17) is 9.84 Å². The van der Waals surface area contributed by atoms with Gasteiger partial charge in [-0.05, 0) is 48.5 Å². The summed E-state index contributed by atoms with van der Waals surface area (Å²) in [7, 11) is 1.63. The quantitative estimate of drug-likeness (QED) is 0.350. The lowest BCUT2D eigenvalue weighted by molar-refractivity contribution is 0.0995. The number of para-hydroxylation sites is 3. The van der Waals surface area contributed by atoms with Gasteiger partial charge in [-0.2, -0.15) is 5.10 Å². The second-order valence-electron chi connectivity index (χ2n) is 7.29. The first-order valence-electron chi connectivity index (χ1n) is 10.3. The average Bonchev–Trinajstić information content (AvgIpc) is 3.25. The molecule has 0 spiro atoms. The van der Waals surface area contributed by atoms with Gasteiger partial charge < -0.3 is 4.74 Å². The normalized spacial score (nSPS) is 10.8. The molecular weight excluding hydrogens is 398 g/mol. The predicted octanol–water partition coefficient (Wildman–Crippen LogP) is 6.01. The third-order valence-electron chi connectivity index (χ3n) is 5.32. The van der Waals surface area contributed by atoms with E-state index in [9.17, 15) is 4.79 Å². The monoisotopic (exact) mass is 419 g/mol. The number of benzene rings is 4. The third kappa shape index (κ3) is 3.50. The molecule has 0 saturated heterocycles. The maximum Gasteiger partial charge on any atom is 0.283 e. The van der Waals surface area contributed by atoms with E-state index in [1.165, 1.54) is 0 Å². The van der Waals surface area contributed by atoms with E-state index >= 15 is 0 Å². The Bertz CT molecular complexity index is 1320. The van der Waals surface area contributed by atoms with Crippen molar-refractivity contribution in [3.05, 3.63) is 115 Å². The van der Waals surface area contributed by atoms with E-state index in [0.717, 1.165) is 28.0 Å². The number of rotatable bonds is 5. The number of hydrogen-bond donors (Lipinski definition) is 0. The summed E-state index contributed by atoms with van der Waals surface area (Å²) < 4.78 is 7.22. The van der Waals surface area contributed by atoms with Gasteiger partial charge in [0, 0.05) is 22.8 Å². The van der Waals surface area contributed by atoms with E-state index in [0.29, 0.717) is 11.4 Å². The van der Waals surface area contributed by atoms with Gasteiger partial charge in [-0.1, -0.05) is 54.6 Å². The van der Waals surface area contributed by atoms with Crippen molar-refractivity contribution < 1.29 is 9.53 Å². The predicted molar refractivity (Wildman–Crippen MR) is 127 cm³/mol. The first-order chi connectivity index (χ1) is 15.8. The molecule has 0 fully saturated rings. The Kier molecular flexibility index (Phi) is 5.14. The molecule has 5 nitrogen and oxygen atoms in total. The number of carbonyl (C=O) groups is 1. The Balaban J connectivity index is 1.72. The lowest BCUT2D eigenvalue weighted by Gasteiger charge is -2.22. The smallest absolute Gasteiger partial charge is 0.283 e. The van der Waals surface area contributed by atoms with Crippen LogP contribution in [0.5, 0.6) is 5.75 Å². The molecule has 1 amide bonds. The zero-order valence-electron chi connectivity index (χ0n) is 17.6. The molecule has 0 N–H and O–H groups in total. The summed E-state index contributed by atoms with van der Waals surface area (Å²) in [4.78, 5) is 15.7. The number of amides is 1. The number of ether oxygens (including phenoxy) is 1. The second-order valence-corrected chi connectivity index (χ2v) is 7.29. The number of aromatic nitrogens is 2. The standard InChI is InChI=1S/C27H21N3O2/c1-32-23-17-18-24-25(19-23)30(22-15-9-4-10-16-22)28-26(24)27(31)29(20-11-5-2-6-12-20)21-13-7-3-8-14-21/h2-19H,1H3. The van der Waals surface area contributed by atoms with E-state index in [2.05, 4.69) is 0 Å². The Morgan fingerprint density at radius 1 is 0.781 bits per heavy atom. The van der Waals surface area contributed by atoms with Crippen molar-refractivity contribution in [1.82, 2.24) is 9.78 Å². The zero-order valence-corrected chi connectivity index (χ0v) is 17.6. The van der Waals surface area contributed by atoms with Crippen molar-refractivity contribution in [1.29, 1.82) is 0 Å². The van der Waals surface area contributed by atoms with Gasteiger partial charge in [-0.15, -0.1) is 0 Å². The summed E-state index contributed by atoms with van der Waals surface area (Å²) >= 11 is 0. The molecule has 0 atom stereocenters. The first-order valence-corrected chi connectivity index (χ1v) is 10.3. The molecule has 0 aliphatic rings. The Morgan fingerprint density at radius 2 is 1.34 bits per heavy atom. The summed E-state index contributed by atoms with van der Waals surface area (Å²) in [6, 6.07) is 34.7. The average molecular weight is 419 g/mol. The molecule has 156 valence electrons. The summed E-state index contributed by atoms with van der Waals surface area (Å²) in [5.41, 5.74) is 3.61. The molecule has 0 bridgehead atoms. The fraction of sp³-hybridized carbons (Fsp3) is 0.0370. The summed E-state index contributed by atoms with van der Waals surface area (Å²) in [5, 5.41) is 5.54. The SMILES string of the molecule is COc1ccc2c(C(=O)N(c3ccccc3)c3ccccc3)nn(-c3ccccc3)c2c1. The van der Waals surface area contributed by atoms with Crippen LogP contribution in [0.3, 0.4) is 0 Å². The molecule has 1 aromatic heterocycles. The van der Waals surface area contributed by atoms with Gasteiger partial charge in [0.25, 0.3) is 5.91 Å². The number of carbonyl (C=O) groups excluding carboxylic acids is 1. The van der Waals surface area contributed by atoms with Crippen molar-refractivity contribution in [2.45, 2.75) is 0 Å². The third-order valence-corrected chi connectivity index (χ3v) is 5.32. The van der Waals surface area contributed by atoms with Gasteiger partial charge >= 0.3 is 0 Å². The van der Waals surface area contributed by atoms with Gasteiger partial charge in [0.15, 0.2) is 5.69 Å². The molecule has 0 saturated carbocycles. The number of hydrogen-bond acceptors (Lipinski definition) is 3. The topological polar surface area (TPSA) is 47.4 Å². The fourth-order valence-corrected chi connectivity index (χ4v) is 3.79. The highest BCUT2D eigenvalue weighted by Crippen LogP contribution is 2.31. The minimum Gasteiger partial charge on any atom is -0.497 e. The van der Waals surface area contributed by atoms with Crippen LogP contribution in [0.15, 0.2) is 109 Å². The van der Waals surface area contributed by atoms with Crippen LogP contribution >= 0.6 is 0 Å². The lowest BCUT2D eigenvalue weighted by atomic mass is 10.1. The maximum absolute atomic E-state index is 14.0. The summed E-state index contributed by atoms with van der Waals surface area (Å²) in [6.45, 7) is 0. The van der Waals surface area contributed by atoms with Crippen LogP contribution in [-0.2, 0) is 0 Å². The molecule has 0 aliphatic carbocycles. The molecule has 0 aliphatic heterocycles. The van der Waals surface area contributed by atoms with E-state index < -0.39 is 0 Å². The Labute approximate surface area is 186 Å². The van der Waals surface area contributed by atoms with Crippen LogP contribution in [0.2, 0.25) is 0 Å².